The van der Waals surface area contributed by atoms with Crippen molar-refractivity contribution in [1.82, 2.24) is 5.32 Å². The molecule has 0 heterocycles. The maximum Gasteiger partial charge on any atom is 0.307 e. The Bertz CT molecular complexity index is 381. The molecule has 1 amide bonds. The van der Waals surface area contributed by atoms with E-state index in [1.165, 1.54) is 6.42 Å². The summed E-state index contributed by atoms with van der Waals surface area (Å²) in [5.41, 5.74) is -0.401. The first kappa shape index (κ1) is 14.4. The van der Waals surface area contributed by atoms with E-state index >= 15 is 0 Å². The van der Waals surface area contributed by atoms with Crippen LogP contribution in [0.5, 0.6) is 0 Å². The first-order valence-corrected chi connectivity index (χ1v) is 7.26. The summed E-state index contributed by atoms with van der Waals surface area (Å²) in [5.74, 6) is -0.532. The minimum atomic E-state index is -0.851. The molecule has 2 fully saturated rings. The number of nitrogens with one attached hydrogen (secondary N) is 1. The number of amides is 1. The van der Waals surface area contributed by atoms with Crippen molar-refractivity contribution in [3.05, 3.63) is 0 Å². The third kappa shape index (κ3) is 2.77. The molecule has 0 saturated heterocycles. The molecule has 4 nitrogen and oxygen atoms in total. The molecule has 0 radical (unpaired) electrons. The third-order valence-corrected chi connectivity index (χ3v) is 4.90. The van der Waals surface area contributed by atoms with Crippen LogP contribution in [0, 0.1) is 29.1 Å². The predicted octanol–water partition coefficient (Wildman–Crippen LogP) is 2.28. The van der Waals surface area contributed by atoms with Crippen LogP contribution in [0.4, 0.5) is 0 Å². The molecule has 4 heteroatoms. The number of carbonyl (C=O) groups excluding carboxylic acids is 1. The summed E-state index contributed by atoms with van der Waals surface area (Å²) in [6, 6.07) is 0.220. The summed E-state index contributed by atoms with van der Waals surface area (Å²) in [5, 5.41) is 12.2. The largest absolute Gasteiger partial charge is 0.481 e. The molecule has 19 heavy (non-hydrogen) atoms. The number of aliphatic carboxylic acids is 1. The van der Waals surface area contributed by atoms with Crippen LogP contribution in [0.2, 0.25) is 0 Å². The Labute approximate surface area is 115 Å². The second-order valence-corrected chi connectivity index (χ2v) is 7.24. The van der Waals surface area contributed by atoms with Gasteiger partial charge in [-0.2, -0.15) is 0 Å². The van der Waals surface area contributed by atoms with Gasteiger partial charge in [0, 0.05) is 6.04 Å². The van der Waals surface area contributed by atoms with Crippen molar-refractivity contribution < 1.29 is 14.7 Å². The van der Waals surface area contributed by atoms with Gasteiger partial charge in [0.15, 0.2) is 0 Å². The lowest BCUT2D eigenvalue weighted by molar-refractivity contribution is -0.140. The average Bonchev–Trinajstić information content (AvgIpc) is 2.80. The van der Waals surface area contributed by atoms with Crippen molar-refractivity contribution in [1.29, 1.82) is 0 Å². The molecule has 4 unspecified atom stereocenters. The van der Waals surface area contributed by atoms with Crippen LogP contribution >= 0.6 is 0 Å². The fraction of sp³-hybridized carbons (Fsp3) is 0.867. The molecule has 2 aliphatic carbocycles. The molecule has 108 valence electrons. The van der Waals surface area contributed by atoms with Crippen molar-refractivity contribution in [2.45, 2.75) is 53.0 Å². The third-order valence-electron chi connectivity index (χ3n) is 4.90. The fourth-order valence-corrected chi connectivity index (χ4v) is 3.94. The zero-order valence-corrected chi connectivity index (χ0v) is 12.3. The van der Waals surface area contributed by atoms with E-state index in [0.717, 1.165) is 12.8 Å². The van der Waals surface area contributed by atoms with Gasteiger partial charge in [0.2, 0.25) is 5.91 Å². The number of hydrogen-bond acceptors (Lipinski definition) is 2. The number of hydrogen-bond donors (Lipinski definition) is 2. The molecule has 0 aromatic carbocycles. The molecule has 0 aromatic rings. The van der Waals surface area contributed by atoms with E-state index in [0.29, 0.717) is 11.8 Å². The van der Waals surface area contributed by atoms with E-state index in [1.54, 1.807) is 0 Å². The number of carboxylic acids is 1. The molecule has 2 rings (SSSR count). The molecule has 0 aliphatic heterocycles. The Morgan fingerprint density at radius 3 is 2.00 bits per heavy atom. The topological polar surface area (TPSA) is 66.4 Å². The van der Waals surface area contributed by atoms with Gasteiger partial charge in [-0.15, -0.1) is 0 Å². The summed E-state index contributed by atoms with van der Waals surface area (Å²) < 4.78 is 0. The standard InChI is InChI=1S/C15H25NO3/c1-8-5-9(2)7-10(6-8)16-13(17)11-12(14(18)19)15(11,3)4/h8-12H,5-7H2,1-4H3,(H,16,17)(H,18,19). The smallest absolute Gasteiger partial charge is 0.307 e. The quantitative estimate of drug-likeness (QED) is 0.824. The van der Waals surface area contributed by atoms with Crippen LogP contribution in [0.3, 0.4) is 0 Å². The zero-order valence-electron chi connectivity index (χ0n) is 12.3. The van der Waals surface area contributed by atoms with E-state index in [4.69, 9.17) is 5.11 Å². The average molecular weight is 267 g/mol. The normalized spacial score (nSPS) is 40.5. The van der Waals surface area contributed by atoms with Gasteiger partial charge < -0.3 is 10.4 Å². The van der Waals surface area contributed by atoms with Crippen molar-refractivity contribution in [2.75, 3.05) is 0 Å². The fourth-order valence-electron chi connectivity index (χ4n) is 3.94. The van der Waals surface area contributed by atoms with Crippen molar-refractivity contribution >= 4 is 11.9 Å². The van der Waals surface area contributed by atoms with Gasteiger partial charge in [0.1, 0.15) is 0 Å². The second kappa shape index (κ2) is 4.80. The van der Waals surface area contributed by atoms with E-state index < -0.39 is 17.3 Å². The maximum absolute atomic E-state index is 12.2. The highest BCUT2D eigenvalue weighted by Gasteiger charge is 2.66. The lowest BCUT2D eigenvalue weighted by Gasteiger charge is -2.32. The van der Waals surface area contributed by atoms with Gasteiger partial charge in [-0.3, -0.25) is 9.59 Å². The molecule has 4 atom stereocenters. The van der Waals surface area contributed by atoms with Crippen LogP contribution < -0.4 is 5.32 Å². The Hall–Kier alpha value is -1.06. The maximum atomic E-state index is 12.2. The first-order valence-electron chi connectivity index (χ1n) is 7.26. The number of carboxylic acid groups (broad SMARTS) is 1. The minimum absolute atomic E-state index is 0.0660. The highest BCUT2D eigenvalue weighted by atomic mass is 16.4. The van der Waals surface area contributed by atoms with E-state index in [1.807, 2.05) is 13.8 Å². The highest BCUT2D eigenvalue weighted by molar-refractivity contribution is 5.91. The van der Waals surface area contributed by atoms with Gasteiger partial charge in [0.25, 0.3) is 0 Å². The number of carbonyl (C=O) groups is 2. The Balaban J connectivity index is 1.94. The van der Waals surface area contributed by atoms with E-state index in [2.05, 4.69) is 19.2 Å². The predicted molar refractivity (Wildman–Crippen MR) is 72.5 cm³/mol. The van der Waals surface area contributed by atoms with Crippen molar-refractivity contribution in [2.24, 2.45) is 29.1 Å². The van der Waals surface area contributed by atoms with Crippen LogP contribution in [-0.2, 0) is 9.59 Å². The molecular formula is C15H25NO3. The Morgan fingerprint density at radius 2 is 1.58 bits per heavy atom. The Kier molecular flexibility index (Phi) is 3.63. The lowest BCUT2D eigenvalue weighted by Crippen LogP contribution is -2.41. The molecule has 0 aromatic heterocycles. The van der Waals surface area contributed by atoms with Crippen LogP contribution in [0.25, 0.3) is 0 Å². The minimum Gasteiger partial charge on any atom is -0.481 e. The van der Waals surface area contributed by atoms with Gasteiger partial charge in [0.05, 0.1) is 11.8 Å². The highest BCUT2D eigenvalue weighted by Crippen LogP contribution is 2.58. The molecule has 0 bridgehead atoms. The Morgan fingerprint density at radius 1 is 1.05 bits per heavy atom. The number of rotatable bonds is 3. The molecule has 2 aliphatic rings. The summed E-state index contributed by atoms with van der Waals surface area (Å²) in [6.45, 7) is 8.16. The second-order valence-electron chi connectivity index (χ2n) is 7.24. The van der Waals surface area contributed by atoms with Gasteiger partial charge in [-0.05, 0) is 36.5 Å². The van der Waals surface area contributed by atoms with Gasteiger partial charge in [-0.25, -0.2) is 0 Å². The van der Waals surface area contributed by atoms with Gasteiger partial charge in [-0.1, -0.05) is 27.7 Å². The van der Waals surface area contributed by atoms with Crippen LogP contribution in [0.15, 0.2) is 0 Å². The van der Waals surface area contributed by atoms with Gasteiger partial charge >= 0.3 is 5.97 Å². The zero-order chi connectivity index (χ0) is 14.4. The molecule has 2 saturated carbocycles. The lowest BCUT2D eigenvalue weighted by atomic mass is 9.80. The molecular weight excluding hydrogens is 242 g/mol. The monoisotopic (exact) mass is 267 g/mol. The first-order chi connectivity index (χ1) is 8.73. The van der Waals surface area contributed by atoms with E-state index in [-0.39, 0.29) is 17.9 Å². The molecule has 0 spiro atoms. The molecule has 2 N–H and O–H groups in total. The van der Waals surface area contributed by atoms with Crippen LogP contribution in [-0.4, -0.2) is 23.0 Å². The van der Waals surface area contributed by atoms with E-state index in [9.17, 15) is 9.59 Å². The SMILES string of the molecule is CC1CC(C)CC(NC(=O)C2C(C(=O)O)C2(C)C)C1. The summed E-state index contributed by atoms with van der Waals surface area (Å²) >= 11 is 0. The van der Waals surface area contributed by atoms with Crippen molar-refractivity contribution in [3.8, 4) is 0 Å². The summed E-state index contributed by atoms with van der Waals surface area (Å²) in [4.78, 5) is 23.4. The van der Waals surface area contributed by atoms with Crippen LogP contribution in [0.1, 0.15) is 47.0 Å². The summed E-state index contributed by atoms with van der Waals surface area (Å²) in [7, 11) is 0. The van der Waals surface area contributed by atoms with Crippen molar-refractivity contribution in [3.63, 3.8) is 0 Å². The summed E-state index contributed by atoms with van der Waals surface area (Å²) in [6.07, 6.45) is 3.25.